The molecule has 1 aliphatic rings. The number of nitrogens with two attached hydrogens (primary N) is 1. The summed E-state index contributed by atoms with van der Waals surface area (Å²) in [4.78, 5) is 10.6. The summed E-state index contributed by atoms with van der Waals surface area (Å²) in [7, 11) is 0. The van der Waals surface area contributed by atoms with Gasteiger partial charge >= 0.3 is 0 Å². The third-order valence-corrected chi connectivity index (χ3v) is 2.65. The number of nitrogens with zero attached hydrogens (tertiary/aromatic N) is 3. The first kappa shape index (κ1) is 11.3. The maximum absolute atomic E-state index is 5.59. The third-order valence-electron chi connectivity index (χ3n) is 2.65. The lowest BCUT2D eigenvalue weighted by atomic mass is 10.3. The van der Waals surface area contributed by atoms with Crippen LogP contribution in [0.25, 0.3) is 0 Å². The Kier molecular flexibility index (Phi) is 3.69. The fourth-order valence-corrected chi connectivity index (χ4v) is 1.90. The van der Waals surface area contributed by atoms with E-state index < -0.39 is 0 Å². The van der Waals surface area contributed by atoms with Crippen LogP contribution in [0.3, 0.4) is 0 Å². The van der Waals surface area contributed by atoms with Gasteiger partial charge in [0.25, 0.3) is 0 Å². The van der Waals surface area contributed by atoms with Gasteiger partial charge in [0.05, 0.1) is 24.2 Å². The highest BCUT2D eigenvalue weighted by molar-refractivity contribution is 5.22. The summed E-state index contributed by atoms with van der Waals surface area (Å²) < 4.78 is 5.59. The number of ether oxygens (including phenoxy) is 1. The maximum Gasteiger partial charge on any atom is 0.141 e. The van der Waals surface area contributed by atoms with E-state index in [2.05, 4.69) is 21.8 Å². The molecule has 5 heteroatoms. The van der Waals surface area contributed by atoms with Crippen molar-refractivity contribution in [1.29, 1.82) is 0 Å². The lowest BCUT2D eigenvalue weighted by Crippen LogP contribution is -2.30. The second kappa shape index (κ2) is 5.23. The highest BCUT2D eigenvalue weighted by Crippen LogP contribution is 2.09. The largest absolute Gasteiger partial charge is 0.382 e. The monoisotopic (exact) mass is 222 g/mol. The molecule has 0 bridgehead atoms. The molecule has 1 atom stereocenters. The van der Waals surface area contributed by atoms with Crippen molar-refractivity contribution >= 4 is 5.82 Å². The quantitative estimate of drug-likeness (QED) is 0.796. The van der Waals surface area contributed by atoms with Crippen molar-refractivity contribution in [1.82, 2.24) is 14.9 Å². The second-order valence-corrected chi connectivity index (χ2v) is 4.20. The molecular formula is C11H18N4O. The van der Waals surface area contributed by atoms with Crippen LogP contribution in [0.5, 0.6) is 0 Å². The van der Waals surface area contributed by atoms with E-state index in [1.807, 2.05) is 0 Å². The normalized spacial score (nSPS) is 22.9. The zero-order chi connectivity index (χ0) is 11.4. The molecule has 1 unspecified atom stereocenters. The molecular weight excluding hydrogens is 204 g/mol. The van der Waals surface area contributed by atoms with Crippen molar-refractivity contribution in [2.45, 2.75) is 26.0 Å². The Hall–Kier alpha value is -1.20. The highest BCUT2D eigenvalue weighted by atomic mass is 16.5. The molecule has 0 aromatic carbocycles. The standard InChI is InChI=1S/C11H18N4O/c1-9-7-15(3-2-4-16-9)8-10-5-14-11(12)6-13-10/h5-6,9H,2-4,7-8H2,1H3,(H2,12,14). The lowest BCUT2D eigenvalue weighted by Gasteiger charge is -2.20. The van der Waals surface area contributed by atoms with Crippen molar-refractivity contribution in [2.75, 3.05) is 25.4 Å². The Morgan fingerprint density at radius 1 is 1.50 bits per heavy atom. The van der Waals surface area contributed by atoms with Crippen molar-refractivity contribution < 1.29 is 4.74 Å². The van der Waals surface area contributed by atoms with Crippen LogP contribution in [0.15, 0.2) is 12.4 Å². The summed E-state index contributed by atoms with van der Waals surface area (Å²) in [5.74, 6) is 0.469. The van der Waals surface area contributed by atoms with E-state index in [4.69, 9.17) is 10.5 Å². The van der Waals surface area contributed by atoms with Crippen LogP contribution >= 0.6 is 0 Å². The second-order valence-electron chi connectivity index (χ2n) is 4.20. The van der Waals surface area contributed by atoms with Crippen LogP contribution in [-0.4, -0.2) is 40.7 Å². The molecule has 1 aliphatic heterocycles. The molecule has 1 aromatic rings. The molecule has 0 spiro atoms. The van der Waals surface area contributed by atoms with Gasteiger partial charge in [0.15, 0.2) is 0 Å². The molecule has 1 aromatic heterocycles. The number of nitrogen functional groups attached to an aromatic ring is 1. The van der Waals surface area contributed by atoms with Crippen LogP contribution in [0.2, 0.25) is 0 Å². The molecule has 1 saturated heterocycles. The molecule has 1 fully saturated rings. The molecule has 2 heterocycles. The number of rotatable bonds is 2. The van der Waals surface area contributed by atoms with Gasteiger partial charge in [0, 0.05) is 26.2 Å². The molecule has 88 valence electrons. The van der Waals surface area contributed by atoms with Gasteiger partial charge < -0.3 is 10.5 Å². The van der Waals surface area contributed by atoms with E-state index in [-0.39, 0.29) is 0 Å². The minimum absolute atomic E-state index is 0.296. The van der Waals surface area contributed by atoms with Gasteiger partial charge in [-0.3, -0.25) is 9.88 Å². The SMILES string of the molecule is CC1CN(Cc2cnc(N)cn2)CCCO1. The van der Waals surface area contributed by atoms with E-state index >= 15 is 0 Å². The van der Waals surface area contributed by atoms with Crippen molar-refractivity contribution in [3.8, 4) is 0 Å². The van der Waals surface area contributed by atoms with Crippen LogP contribution < -0.4 is 5.73 Å². The topological polar surface area (TPSA) is 64.3 Å². The molecule has 2 N–H and O–H groups in total. The van der Waals surface area contributed by atoms with E-state index in [0.29, 0.717) is 11.9 Å². The zero-order valence-electron chi connectivity index (χ0n) is 9.59. The molecule has 0 aliphatic carbocycles. The molecule has 5 nitrogen and oxygen atoms in total. The average Bonchev–Trinajstić information content (AvgIpc) is 2.46. The fraction of sp³-hybridized carbons (Fsp3) is 0.636. The molecule has 0 radical (unpaired) electrons. The highest BCUT2D eigenvalue weighted by Gasteiger charge is 2.15. The minimum Gasteiger partial charge on any atom is -0.382 e. The summed E-state index contributed by atoms with van der Waals surface area (Å²) in [6, 6.07) is 0. The lowest BCUT2D eigenvalue weighted by molar-refractivity contribution is 0.0666. The molecule has 2 rings (SSSR count). The Bertz CT molecular complexity index is 327. The van der Waals surface area contributed by atoms with Gasteiger partial charge in [-0.05, 0) is 13.3 Å². The summed E-state index contributed by atoms with van der Waals surface area (Å²) in [5.41, 5.74) is 6.46. The number of anilines is 1. The smallest absolute Gasteiger partial charge is 0.141 e. The predicted molar refractivity (Wildman–Crippen MR) is 61.8 cm³/mol. The number of aromatic nitrogens is 2. The summed E-state index contributed by atoms with van der Waals surface area (Å²) in [6.07, 6.45) is 4.72. The summed E-state index contributed by atoms with van der Waals surface area (Å²) in [6.45, 7) is 5.78. The van der Waals surface area contributed by atoms with Gasteiger partial charge in [0.1, 0.15) is 5.82 Å². The number of hydrogen-bond acceptors (Lipinski definition) is 5. The van der Waals surface area contributed by atoms with Crippen LogP contribution in [0.4, 0.5) is 5.82 Å². The van der Waals surface area contributed by atoms with Gasteiger partial charge in [-0.2, -0.15) is 0 Å². The molecule has 0 amide bonds. The summed E-state index contributed by atoms with van der Waals surface area (Å²) in [5, 5.41) is 0. The van der Waals surface area contributed by atoms with Gasteiger partial charge in [-0.1, -0.05) is 0 Å². The third kappa shape index (κ3) is 3.15. The molecule has 0 saturated carbocycles. The van der Waals surface area contributed by atoms with E-state index in [1.165, 1.54) is 0 Å². The van der Waals surface area contributed by atoms with Crippen LogP contribution in [-0.2, 0) is 11.3 Å². The Labute approximate surface area is 95.6 Å². The Morgan fingerprint density at radius 2 is 2.38 bits per heavy atom. The van der Waals surface area contributed by atoms with Crippen LogP contribution in [0, 0.1) is 0 Å². The van der Waals surface area contributed by atoms with E-state index in [9.17, 15) is 0 Å². The summed E-state index contributed by atoms with van der Waals surface area (Å²) >= 11 is 0. The maximum atomic E-state index is 5.59. The Morgan fingerprint density at radius 3 is 3.12 bits per heavy atom. The van der Waals surface area contributed by atoms with Crippen molar-refractivity contribution in [3.63, 3.8) is 0 Å². The predicted octanol–water partition coefficient (Wildman–Crippen LogP) is 0.670. The van der Waals surface area contributed by atoms with Gasteiger partial charge in [-0.15, -0.1) is 0 Å². The van der Waals surface area contributed by atoms with Crippen LogP contribution in [0.1, 0.15) is 19.0 Å². The van der Waals surface area contributed by atoms with Gasteiger partial charge in [-0.25, -0.2) is 4.98 Å². The Balaban J connectivity index is 1.95. The first-order valence-corrected chi connectivity index (χ1v) is 5.64. The van der Waals surface area contributed by atoms with Gasteiger partial charge in [0.2, 0.25) is 0 Å². The van der Waals surface area contributed by atoms with Crippen molar-refractivity contribution in [2.24, 2.45) is 0 Å². The van der Waals surface area contributed by atoms with E-state index in [0.717, 1.165) is 38.4 Å². The minimum atomic E-state index is 0.296. The number of hydrogen-bond donors (Lipinski definition) is 1. The first-order chi connectivity index (χ1) is 7.74. The zero-order valence-corrected chi connectivity index (χ0v) is 9.59. The van der Waals surface area contributed by atoms with E-state index in [1.54, 1.807) is 12.4 Å². The average molecular weight is 222 g/mol. The fourth-order valence-electron chi connectivity index (χ4n) is 1.90. The van der Waals surface area contributed by atoms with Crippen molar-refractivity contribution in [3.05, 3.63) is 18.1 Å². The molecule has 16 heavy (non-hydrogen) atoms. The first-order valence-electron chi connectivity index (χ1n) is 5.64.